The fourth-order valence-electron chi connectivity index (χ4n) is 0.616. The van der Waals surface area contributed by atoms with Gasteiger partial charge in [0.15, 0.2) is 0 Å². The van der Waals surface area contributed by atoms with Crippen LogP contribution in [-0.4, -0.2) is 15.7 Å². The van der Waals surface area contributed by atoms with Gasteiger partial charge in [0.1, 0.15) is 11.8 Å². The molecule has 0 aliphatic heterocycles. The number of hydrogen-bond donors (Lipinski definition) is 1. The van der Waals surface area contributed by atoms with Gasteiger partial charge in [-0.1, -0.05) is 11.8 Å². The molecule has 1 radical (unpaired) electrons. The quantitative estimate of drug-likeness (QED) is 0.574. The van der Waals surface area contributed by atoms with Crippen molar-refractivity contribution in [2.24, 2.45) is 0 Å². The molecule has 2 heteroatoms. The second-order valence-electron chi connectivity index (χ2n) is 2.97. The van der Waals surface area contributed by atoms with Gasteiger partial charge in [-0.2, -0.15) is 0 Å². The summed E-state index contributed by atoms with van der Waals surface area (Å²) in [6.45, 7) is 3.27. The van der Waals surface area contributed by atoms with Gasteiger partial charge in [0.25, 0.3) is 0 Å². The second kappa shape index (κ2) is 3.38. The Labute approximate surface area is 72.3 Å². The summed E-state index contributed by atoms with van der Waals surface area (Å²) in [7, 11) is 0. The van der Waals surface area contributed by atoms with E-state index in [0.29, 0.717) is 5.56 Å². The molecule has 0 atom stereocenters. The molecule has 2 nitrogen and oxygen atoms in total. The topological polar surface area (TPSA) is 33.1 Å². The van der Waals surface area contributed by atoms with Gasteiger partial charge in [-0.05, 0) is 26.0 Å². The van der Waals surface area contributed by atoms with Gasteiger partial charge in [-0.15, -0.1) is 0 Å². The van der Waals surface area contributed by atoms with Crippen molar-refractivity contribution >= 4 is 0 Å². The largest absolute Gasteiger partial charge is 0.378 e. The summed E-state index contributed by atoms with van der Waals surface area (Å²) in [5, 5.41) is 9.27. The van der Waals surface area contributed by atoms with Crippen LogP contribution in [-0.2, 0) is 0 Å². The summed E-state index contributed by atoms with van der Waals surface area (Å²) >= 11 is 0. The standard InChI is InChI=1S/C10H10NO/c1-10(2,12)6-5-9-4-3-7-11-8-9/h3-4,7,12H,1-2H3. The summed E-state index contributed by atoms with van der Waals surface area (Å²) in [6.07, 6.45) is 4.34. The summed E-state index contributed by atoms with van der Waals surface area (Å²) < 4.78 is 0. The number of aromatic nitrogens is 1. The zero-order chi connectivity index (χ0) is 9.03. The molecule has 0 fully saturated rings. The average molecular weight is 160 g/mol. The van der Waals surface area contributed by atoms with Gasteiger partial charge in [-0.3, -0.25) is 4.98 Å². The normalized spacial score (nSPS) is 10.2. The van der Waals surface area contributed by atoms with E-state index in [4.69, 9.17) is 0 Å². The molecule has 0 amide bonds. The lowest BCUT2D eigenvalue weighted by Gasteiger charge is -2.05. The molecule has 0 saturated carbocycles. The molecule has 0 aliphatic carbocycles. The zero-order valence-electron chi connectivity index (χ0n) is 7.13. The van der Waals surface area contributed by atoms with Crippen LogP contribution >= 0.6 is 0 Å². The van der Waals surface area contributed by atoms with Gasteiger partial charge in [0.05, 0.1) is 5.56 Å². The van der Waals surface area contributed by atoms with Crippen molar-refractivity contribution in [1.82, 2.24) is 4.98 Å². The summed E-state index contributed by atoms with van der Waals surface area (Å²) in [4.78, 5) is 3.78. The van der Waals surface area contributed by atoms with Crippen LogP contribution < -0.4 is 0 Å². The van der Waals surface area contributed by atoms with Crippen LogP contribution in [0.1, 0.15) is 19.4 Å². The van der Waals surface area contributed by atoms with Crippen molar-refractivity contribution in [1.29, 1.82) is 0 Å². The van der Waals surface area contributed by atoms with Crippen molar-refractivity contribution in [2.75, 3.05) is 0 Å². The number of pyridine rings is 1. The summed E-state index contributed by atoms with van der Waals surface area (Å²) in [6, 6.07) is 3.58. The Morgan fingerprint density at radius 1 is 1.58 bits per heavy atom. The molecule has 1 rings (SSSR count). The van der Waals surface area contributed by atoms with Gasteiger partial charge >= 0.3 is 0 Å². The molecule has 0 aromatic carbocycles. The van der Waals surface area contributed by atoms with Crippen LogP contribution in [0.5, 0.6) is 0 Å². The highest BCUT2D eigenvalue weighted by Gasteiger charge is 2.05. The third-order valence-electron chi connectivity index (χ3n) is 1.11. The molecule has 0 unspecified atom stereocenters. The molecular formula is C10H10NO. The van der Waals surface area contributed by atoms with Crippen LogP contribution in [0, 0.1) is 18.0 Å². The molecular weight excluding hydrogens is 150 g/mol. The Bertz CT molecular complexity index is 300. The van der Waals surface area contributed by atoms with Crippen LogP contribution in [0.3, 0.4) is 0 Å². The zero-order valence-corrected chi connectivity index (χ0v) is 7.13. The molecule has 0 aliphatic rings. The first kappa shape index (κ1) is 8.76. The maximum Gasteiger partial charge on any atom is 0.120 e. The van der Waals surface area contributed by atoms with Crippen molar-refractivity contribution in [3.05, 3.63) is 30.1 Å². The maximum atomic E-state index is 9.27. The molecule has 1 aromatic rings. The second-order valence-corrected chi connectivity index (χ2v) is 2.97. The third-order valence-corrected chi connectivity index (χ3v) is 1.11. The van der Waals surface area contributed by atoms with Crippen molar-refractivity contribution in [3.8, 4) is 11.8 Å². The SMILES string of the molecule is CC(C)(O)C#Cc1[c]nccc1. The van der Waals surface area contributed by atoms with Crippen LogP contribution in [0.25, 0.3) is 0 Å². The molecule has 0 saturated heterocycles. The summed E-state index contributed by atoms with van der Waals surface area (Å²) in [5.74, 6) is 5.44. The Morgan fingerprint density at radius 3 is 2.83 bits per heavy atom. The Balaban J connectivity index is 2.81. The highest BCUT2D eigenvalue weighted by Crippen LogP contribution is 1.98. The minimum Gasteiger partial charge on any atom is -0.378 e. The number of rotatable bonds is 0. The fraction of sp³-hybridized carbons (Fsp3) is 0.300. The number of aliphatic hydroxyl groups is 1. The van der Waals surface area contributed by atoms with Gasteiger partial charge in [-0.25, -0.2) is 0 Å². The highest BCUT2D eigenvalue weighted by molar-refractivity contribution is 5.32. The minimum atomic E-state index is -0.955. The summed E-state index contributed by atoms with van der Waals surface area (Å²) in [5.41, 5.74) is -0.261. The minimum absolute atomic E-state index is 0.694. The predicted octanol–water partition coefficient (Wildman–Crippen LogP) is 1.00. The van der Waals surface area contributed by atoms with E-state index in [1.807, 2.05) is 0 Å². The molecule has 1 N–H and O–H groups in total. The Morgan fingerprint density at radius 2 is 2.33 bits per heavy atom. The number of hydrogen-bond acceptors (Lipinski definition) is 2. The lowest BCUT2D eigenvalue weighted by Crippen LogP contribution is -2.14. The van der Waals surface area contributed by atoms with Gasteiger partial charge in [0, 0.05) is 6.20 Å². The van der Waals surface area contributed by atoms with E-state index in [9.17, 15) is 5.11 Å². The monoisotopic (exact) mass is 160 g/mol. The van der Waals surface area contributed by atoms with Crippen molar-refractivity contribution in [3.63, 3.8) is 0 Å². The highest BCUT2D eigenvalue weighted by atomic mass is 16.3. The van der Waals surface area contributed by atoms with E-state index in [1.54, 1.807) is 32.2 Å². The van der Waals surface area contributed by atoms with E-state index >= 15 is 0 Å². The first-order chi connectivity index (χ1) is 5.58. The van der Waals surface area contributed by atoms with E-state index in [1.165, 1.54) is 0 Å². The smallest absolute Gasteiger partial charge is 0.120 e. The van der Waals surface area contributed by atoms with E-state index < -0.39 is 5.60 Å². The van der Waals surface area contributed by atoms with Crippen LogP contribution in [0.15, 0.2) is 18.3 Å². The lowest BCUT2D eigenvalue weighted by atomic mass is 10.1. The Hall–Kier alpha value is -1.33. The van der Waals surface area contributed by atoms with Gasteiger partial charge in [0.2, 0.25) is 0 Å². The van der Waals surface area contributed by atoms with E-state index in [0.717, 1.165) is 0 Å². The van der Waals surface area contributed by atoms with E-state index in [-0.39, 0.29) is 0 Å². The first-order valence-electron chi connectivity index (χ1n) is 3.66. The number of nitrogens with zero attached hydrogens (tertiary/aromatic N) is 1. The van der Waals surface area contributed by atoms with Crippen molar-refractivity contribution in [2.45, 2.75) is 19.4 Å². The van der Waals surface area contributed by atoms with Crippen molar-refractivity contribution < 1.29 is 5.11 Å². The molecule has 0 spiro atoms. The predicted molar refractivity (Wildman–Crippen MR) is 46.2 cm³/mol. The molecule has 1 aromatic heterocycles. The van der Waals surface area contributed by atoms with E-state index in [2.05, 4.69) is 23.0 Å². The Kier molecular flexibility index (Phi) is 2.47. The lowest BCUT2D eigenvalue weighted by molar-refractivity contribution is 0.143. The molecule has 1 heterocycles. The maximum absolute atomic E-state index is 9.27. The molecule has 0 bridgehead atoms. The first-order valence-corrected chi connectivity index (χ1v) is 3.66. The van der Waals surface area contributed by atoms with Gasteiger partial charge < -0.3 is 5.11 Å². The van der Waals surface area contributed by atoms with Crippen LogP contribution in [0.4, 0.5) is 0 Å². The fourth-order valence-corrected chi connectivity index (χ4v) is 0.616. The average Bonchev–Trinajstić information content (AvgIpc) is 2.02. The third kappa shape index (κ3) is 3.18. The van der Waals surface area contributed by atoms with Crippen LogP contribution in [0.2, 0.25) is 0 Å². The molecule has 12 heavy (non-hydrogen) atoms. The molecule has 61 valence electrons.